The summed E-state index contributed by atoms with van der Waals surface area (Å²) in [6.45, 7) is 1.91. The Morgan fingerprint density at radius 3 is 1.32 bits per heavy atom. The minimum atomic E-state index is -4.73. The predicted molar refractivity (Wildman–Crippen MR) is 184 cm³/mol. The lowest BCUT2D eigenvalue weighted by Crippen LogP contribution is -2.24. The van der Waals surface area contributed by atoms with Crippen LogP contribution < -0.4 is 14.2 Å². The molecule has 322 valence electrons. The summed E-state index contributed by atoms with van der Waals surface area (Å²) >= 11 is 0. The third-order valence-electron chi connectivity index (χ3n) is 9.03. The second kappa shape index (κ2) is 18.4. The molecular weight excluding hydrogens is 841 g/mol. The fourth-order valence-corrected chi connectivity index (χ4v) is 5.82. The number of aliphatic hydroxyl groups excluding tert-OH is 1. The van der Waals surface area contributed by atoms with Crippen LogP contribution in [0.4, 0.5) is 65.9 Å². The Kier molecular flexibility index (Phi) is 13.9. The Hall–Kier alpha value is -5.59. The van der Waals surface area contributed by atoms with Gasteiger partial charge in [0.15, 0.2) is 0 Å². The van der Waals surface area contributed by atoms with Gasteiger partial charge in [-0.15, -0.1) is 0 Å². The van der Waals surface area contributed by atoms with E-state index >= 15 is 13.2 Å². The van der Waals surface area contributed by atoms with Crippen LogP contribution in [0.2, 0.25) is 0 Å². The van der Waals surface area contributed by atoms with Gasteiger partial charge >= 0.3 is 12.2 Å². The van der Waals surface area contributed by atoms with Crippen molar-refractivity contribution >= 4 is 0 Å². The highest BCUT2D eigenvalue weighted by Gasteiger charge is 2.41. The van der Waals surface area contributed by atoms with Crippen molar-refractivity contribution in [2.24, 2.45) is 0 Å². The largest absolute Gasteiger partial charge is 0.493 e. The average Bonchev–Trinajstić information content (AvgIpc) is 3.23. The molecule has 0 aliphatic heterocycles. The molecule has 0 aliphatic carbocycles. The Balaban J connectivity index is 1.46. The lowest BCUT2D eigenvalue weighted by molar-refractivity contribution is -0.189. The lowest BCUT2D eigenvalue weighted by atomic mass is 9.95. The molecule has 4 nitrogen and oxygen atoms in total. The summed E-state index contributed by atoms with van der Waals surface area (Å²) in [4.78, 5) is 0. The highest BCUT2D eigenvalue weighted by atomic mass is 19.3. The van der Waals surface area contributed by atoms with E-state index in [-0.39, 0.29) is 29.0 Å². The highest BCUT2D eigenvalue weighted by Crippen LogP contribution is 2.43. The number of benzene rings is 5. The van der Waals surface area contributed by atoms with Gasteiger partial charge in [-0.2, -0.15) is 35.1 Å². The van der Waals surface area contributed by atoms with Crippen molar-refractivity contribution in [2.45, 2.75) is 63.8 Å². The summed E-state index contributed by atoms with van der Waals surface area (Å²) in [5.41, 5.74) is -3.47. The first-order valence-electron chi connectivity index (χ1n) is 17.7. The van der Waals surface area contributed by atoms with Crippen LogP contribution >= 0.6 is 0 Å². The maximum absolute atomic E-state index is 16.5. The number of halogens is 15. The summed E-state index contributed by atoms with van der Waals surface area (Å²) in [6.07, 6.45) is -6.50. The molecule has 0 amide bonds. The van der Waals surface area contributed by atoms with E-state index in [0.29, 0.717) is 49.9 Å². The van der Waals surface area contributed by atoms with E-state index in [4.69, 9.17) is 4.74 Å². The number of hydrogen-bond acceptors (Lipinski definition) is 4. The molecule has 5 aromatic rings. The van der Waals surface area contributed by atoms with Gasteiger partial charge in [0.1, 0.15) is 11.6 Å². The topological polar surface area (TPSA) is 47.9 Å². The zero-order valence-electron chi connectivity index (χ0n) is 30.6. The first-order valence-corrected chi connectivity index (χ1v) is 17.7. The molecule has 60 heavy (non-hydrogen) atoms. The molecule has 0 aliphatic rings. The van der Waals surface area contributed by atoms with Gasteiger partial charge in [0, 0.05) is 5.56 Å². The Labute approximate surface area is 330 Å². The molecule has 0 aromatic heterocycles. The molecule has 1 atom stereocenters. The van der Waals surface area contributed by atoms with Crippen molar-refractivity contribution < 1.29 is 85.2 Å². The highest BCUT2D eigenvalue weighted by molar-refractivity contribution is 5.79. The van der Waals surface area contributed by atoms with Crippen molar-refractivity contribution in [1.82, 2.24) is 0 Å². The van der Waals surface area contributed by atoms with Crippen LogP contribution in [0.3, 0.4) is 0 Å². The molecular formula is C41H29F15O4. The minimum absolute atomic E-state index is 0.0506. The zero-order valence-corrected chi connectivity index (χ0v) is 30.6. The molecule has 0 radical (unpaired) electrons. The van der Waals surface area contributed by atoms with E-state index in [0.717, 1.165) is 43.2 Å². The number of aliphatic hydroxyl groups is 1. The first-order chi connectivity index (χ1) is 28.2. The van der Waals surface area contributed by atoms with Crippen molar-refractivity contribution in [3.63, 3.8) is 0 Å². The zero-order chi connectivity index (χ0) is 44.3. The minimum Gasteiger partial charge on any atom is -0.493 e. The van der Waals surface area contributed by atoms with Crippen LogP contribution in [-0.4, -0.2) is 17.8 Å². The van der Waals surface area contributed by atoms with Gasteiger partial charge < -0.3 is 19.3 Å². The van der Waals surface area contributed by atoms with Gasteiger partial charge in [-0.1, -0.05) is 44.0 Å². The molecule has 19 heteroatoms. The van der Waals surface area contributed by atoms with E-state index in [1.807, 2.05) is 6.92 Å². The predicted octanol–water partition coefficient (Wildman–Crippen LogP) is 12.9. The van der Waals surface area contributed by atoms with Crippen LogP contribution in [0.5, 0.6) is 17.2 Å². The molecule has 5 rings (SSSR count). The van der Waals surface area contributed by atoms with Gasteiger partial charge in [-0.25, -0.2) is 30.7 Å². The van der Waals surface area contributed by atoms with Crippen LogP contribution in [0.15, 0.2) is 60.7 Å². The summed E-state index contributed by atoms with van der Waals surface area (Å²) in [5, 5.41) is 10.1. The second-order valence-electron chi connectivity index (χ2n) is 13.1. The number of unbranched alkanes of at least 4 members (excludes halogenated alkanes) is 2. The van der Waals surface area contributed by atoms with Gasteiger partial charge in [0.25, 0.3) is 0 Å². The van der Waals surface area contributed by atoms with E-state index in [9.17, 15) is 57.8 Å². The fourth-order valence-electron chi connectivity index (χ4n) is 5.82. The molecule has 0 fully saturated rings. The number of hydrogen-bond donors (Lipinski definition) is 1. The van der Waals surface area contributed by atoms with Gasteiger partial charge in [-0.3, -0.25) is 0 Å². The van der Waals surface area contributed by atoms with Crippen LogP contribution in [0, 0.1) is 64.0 Å². The van der Waals surface area contributed by atoms with Crippen LogP contribution in [0.25, 0.3) is 22.3 Å². The van der Waals surface area contributed by atoms with Gasteiger partial charge in [0.05, 0.1) is 29.4 Å². The molecule has 0 bridgehead atoms. The quantitative estimate of drug-likeness (QED) is 0.0438. The standard InChI is InChI=1S/C41H29F15O4/c1-2-3-6-23(57)7-4-5-18-58-25-17-16-24(19-8-12-21(13-9-19)40(53,54)59-38-34(49)30(45)28(43)31(46)35(38)50)27(42)26(25)20-10-14-22(15-11-20)41(55,56)60-39-36(51)32(47)29(44)33(48)37(39)52/h8-17,23,57H,2-7,18H2,1H3. The molecule has 1 unspecified atom stereocenters. The van der Waals surface area contributed by atoms with Gasteiger partial charge in [-0.05, 0) is 73.2 Å². The lowest BCUT2D eigenvalue weighted by Gasteiger charge is -2.21. The summed E-state index contributed by atoms with van der Waals surface area (Å²) in [5.74, 6) is -32.0. The van der Waals surface area contributed by atoms with Crippen LogP contribution in [0.1, 0.15) is 56.6 Å². The van der Waals surface area contributed by atoms with Crippen molar-refractivity contribution in [2.75, 3.05) is 6.61 Å². The summed E-state index contributed by atoms with van der Waals surface area (Å²) in [6, 6.07) is 8.18. The van der Waals surface area contributed by atoms with Gasteiger partial charge in [0.2, 0.25) is 69.7 Å². The molecule has 0 saturated heterocycles. The van der Waals surface area contributed by atoms with Crippen molar-refractivity contribution in [1.29, 1.82) is 0 Å². The Morgan fingerprint density at radius 1 is 0.483 bits per heavy atom. The summed E-state index contributed by atoms with van der Waals surface area (Å²) < 4.78 is 228. The maximum atomic E-state index is 16.5. The van der Waals surface area contributed by atoms with Crippen molar-refractivity contribution in [3.8, 4) is 39.5 Å². The SMILES string of the molecule is CCCCC(O)CCCCOc1ccc(-c2ccc(C(F)(F)Oc3c(F)c(F)c(F)c(F)c3F)cc2)c(F)c1-c1ccc(C(F)(F)Oc2c(F)c(F)c(F)c(F)c2F)cc1. The monoisotopic (exact) mass is 870 g/mol. The van der Waals surface area contributed by atoms with E-state index in [1.165, 1.54) is 6.07 Å². The second-order valence-corrected chi connectivity index (χ2v) is 13.1. The van der Waals surface area contributed by atoms with Crippen molar-refractivity contribution in [3.05, 3.63) is 136 Å². The molecule has 0 saturated carbocycles. The van der Waals surface area contributed by atoms with E-state index < -0.39 is 110 Å². The Morgan fingerprint density at radius 2 is 0.883 bits per heavy atom. The van der Waals surface area contributed by atoms with E-state index in [1.54, 1.807) is 0 Å². The first kappa shape index (κ1) is 45.5. The fraction of sp³-hybridized carbons (Fsp3) is 0.268. The number of ether oxygens (including phenoxy) is 3. The average molecular weight is 871 g/mol. The molecule has 1 N–H and O–H groups in total. The summed E-state index contributed by atoms with van der Waals surface area (Å²) in [7, 11) is 0. The number of rotatable bonds is 17. The van der Waals surface area contributed by atoms with Crippen LogP contribution in [-0.2, 0) is 12.2 Å². The maximum Gasteiger partial charge on any atom is 0.426 e. The molecule has 5 aromatic carbocycles. The third kappa shape index (κ3) is 9.40. The smallest absolute Gasteiger partial charge is 0.426 e. The molecule has 0 spiro atoms. The third-order valence-corrected chi connectivity index (χ3v) is 9.03. The normalized spacial score (nSPS) is 12.5. The van der Waals surface area contributed by atoms with E-state index in [2.05, 4.69) is 9.47 Å². The number of alkyl halides is 4. The Bertz CT molecular complexity index is 2280. The molecule has 0 heterocycles.